The molecule has 22 heavy (non-hydrogen) atoms. The van der Waals surface area contributed by atoms with Gasteiger partial charge in [0.15, 0.2) is 5.82 Å². The summed E-state index contributed by atoms with van der Waals surface area (Å²) >= 11 is 1.28. The van der Waals surface area contributed by atoms with Crippen LogP contribution in [0.1, 0.15) is 45.5 Å². The highest BCUT2D eigenvalue weighted by Gasteiger charge is 2.30. The van der Waals surface area contributed by atoms with Crippen molar-refractivity contribution in [1.82, 2.24) is 25.1 Å². The average molecular weight is 313 g/mol. The van der Waals surface area contributed by atoms with Crippen LogP contribution in [0.3, 0.4) is 0 Å². The van der Waals surface area contributed by atoms with Gasteiger partial charge in [0, 0.05) is 12.5 Å². The van der Waals surface area contributed by atoms with E-state index in [-0.39, 0.29) is 5.91 Å². The minimum absolute atomic E-state index is 0.166. The third-order valence-corrected chi connectivity index (χ3v) is 4.75. The van der Waals surface area contributed by atoms with Crippen LogP contribution in [0.5, 0.6) is 0 Å². The molecule has 1 aromatic carbocycles. The number of aromatic nitrogens is 4. The van der Waals surface area contributed by atoms with Crippen molar-refractivity contribution in [3.8, 4) is 0 Å². The first-order valence-electron chi connectivity index (χ1n) is 7.27. The second-order valence-electron chi connectivity index (χ2n) is 5.54. The van der Waals surface area contributed by atoms with E-state index in [2.05, 4.69) is 20.6 Å². The monoisotopic (exact) mass is 313 g/mol. The molecule has 112 valence electrons. The van der Waals surface area contributed by atoms with Crippen LogP contribution in [0.25, 0.3) is 4.96 Å². The van der Waals surface area contributed by atoms with Crippen LogP contribution in [-0.4, -0.2) is 25.7 Å². The summed E-state index contributed by atoms with van der Waals surface area (Å²) in [5.41, 5.74) is 2.27. The number of amides is 1. The third-order valence-electron chi connectivity index (χ3n) is 3.85. The van der Waals surface area contributed by atoms with E-state index >= 15 is 0 Å². The highest BCUT2D eigenvalue weighted by molar-refractivity contribution is 7.18. The van der Waals surface area contributed by atoms with Gasteiger partial charge in [-0.2, -0.15) is 4.52 Å². The molecule has 0 saturated heterocycles. The fourth-order valence-electron chi connectivity index (χ4n) is 2.38. The Bertz CT molecular complexity index is 849. The first-order chi connectivity index (χ1) is 10.7. The normalized spacial score (nSPS) is 14.4. The average Bonchev–Trinajstić information content (AvgIpc) is 3.14. The number of hydrogen-bond donors (Lipinski definition) is 1. The predicted octanol–water partition coefficient (Wildman–Crippen LogP) is 2.30. The van der Waals surface area contributed by atoms with E-state index in [0.29, 0.717) is 22.4 Å². The van der Waals surface area contributed by atoms with E-state index in [4.69, 9.17) is 0 Å². The smallest absolute Gasteiger partial charge is 0.282 e. The Balaban J connectivity index is 1.51. The van der Waals surface area contributed by atoms with Gasteiger partial charge in [0.05, 0.1) is 0 Å². The quantitative estimate of drug-likeness (QED) is 0.802. The number of benzene rings is 1. The lowest BCUT2D eigenvalue weighted by molar-refractivity contribution is 0.0949. The maximum atomic E-state index is 12.3. The standard InChI is InChI=1S/C15H15N5OS/c1-9-4-2-3-5-11(9)8-16-13(21)14-19-20-12(10-6-7-10)17-18-15(20)22-14/h2-5,10H,6-8H2,1H3,(H,16,21). The molecule has 0 atom stereocenters. The lowest BCUT2D eigenvalue weighted by Gasteiger charge is -2.05. The molecule has 4 rings (SSSR count). The van der Waals surface area contributed by atoms with E-state index in [0.717, 1.165) is 29.8 Å². The third kappa shape index (κ3) is 2.37. The zero-order valence-electron chi connectivity index (χ0n) is 12.1. The van der Waals surface area contributed by atoms with Crippen molar-refractivity contribution >= 4 is 22.2 Å². The molecular formula is C15H15N5OS. The van der Waals surface area contributed by atoms with Gasteiger partial charge in [-0.05, 0) is 30.9 Å². The van der Waals surface area contributed by atoms with E-state index in [1.54, 1.807) is 4.52 Å². The predicted molar refractivity (Wildman–Crippen MR) is 83.0 cm³/mol. The van der Waals surface area contributed by atoms with Crippen LogP contribution in [-0.2, 0) is 6.54 Å². The molecule has 2 heterocycles. The van der Waals surface area contributed by atoms with Gasteiger partial charge < -0.3 is 5.32 Å². The van der Waals surface area contributed by atoms with Gasteiger partial charge in [-0.1, -0.05) is 35.6 Å². The lowest BCUT2D eigenvalue weighted by atomic mass is 10.1. The number of aryl methyl sites for hydroxylation is 1. The molecule has 3 aromatic rings. The summed E-state index contributed by atoms with van der Waals surface area (Å²) in [5.74, 6) is 1.17. The molecule has 1 fully saturated rings. The molecule has 1 saturated carbocycles. The Labute approximate surface area is 131 Å². The topological polar surface area (TPSA) is 72.2 Å². The fraction of sp³-hybridized carbons (Fsp3) is 0.333. The molecular weight excluding hydrogens is 298 g/mol. The summed E-state index contributed by atoms with van der Waals surface area (Å²) in [5, 5.41) is 16.0. The van der Waals surface area contributed by atoms with Gasteiger partial charge in [-0.25, -0.2) is 0 Å². The number of rotatable bonds is 4. The van der Waals surface area contributed by atoms with Crippen LogP contribution in [0.15, 0.2) is 24.3 Å². The molecule has 6 nitrogen and oxygen atoms in total. The van der Waals surface area contributed by atoms with Crippen molar-refractivity contribution in [2.24, 2.45) is 0 Å². The number of carbonyl (C=O) groups is 1. The Hall–Kier alpha value is -2.28. The van der Waals surface area contributed by atoms with Crippen molar-refractivity contribution in [3.63, 3.8) is 0 Å². The van der Waals surface area contributed by atoms with E-state index in [1.807, 2.05) is 31.2 Å². The van der Waals surface area contributed by atoms with Crippen molar-refractivity contribution in [3.05, 3.63) is 46.2 Å². The lowest BCUT2D eigenvalue weighted by Crippen LogP contribution is -2.23. The fourth-order valence-corrected chi connectivity index (χ4v) is 3.14. The SMILES string of the molecule is Cc1ccccc1CNC(=O)c1nn2c(C3CC3)nnc2s1. The van der Waals surface area contributed by atoms with Crippen LogP contribution < -0.4 is 5.32 Å². The molecule has 0 bridgehead atoms. The zero-order chi connectivity index (χ0) is 15.1. The number of nitrogens with one attached hydrogen (secondary N) is 1. The summed E-state index contributed by atoms with van der Waals surface area (Å²) in [4.78, 5) is 13.0. The zero-order valence-corrected chi connectivity index (χ0v) is 12.9. The van der Waals surface area contributed by atoms with Crippen molar-refractivity contribution in [2.45, 2.75) is 32.2 Å². The molecule has 0 radical (unpaired) electrons. The van der Waals surface area contributed by atoms with Crippen LogP contribution in [0.4, 0.5) is 0 Å². The summed E-state index contributed by atoms with van der Waals surface area (Å²) in [6.45, 7) is 2.54. The van der Waals surface area contributed by atoms with Gasteiger partial charge in [0.2, 0.25) is 9.97 Å². The summed E-state index contributed by atoms with van der Waals surface area (Å²) in [7, 11) is 0. The van der Waals surface area contributed by atoms with Crippen LogP contribution >= 0.6 is 11.3 Å². The maximum absolute atomic E-state index is 12.3. The Kier molecular flexibility index (Phi) is 3.15. The largest absolute Gasteiger partial charge is 0.346 e. The Morgan fingerprint density at radius 3 is 2.95 bits per heavy atom. The second kappa shape index (κ2) is 5.17. The molecule has 0 unspecified atom stereocenters. The van der Waals surface area contributed by atoms with Gasteiger partial charge in [-0.3, -0.25) is 4.79 Å². The minimum atomic E-state index is -0.166. The van der Waals surface area contributed by atoms with Gasteiger partial charge in [0.25, 0.3) is 5.91 Å². The number of hydrogen-bond acceptors (Lipinski definition) is 5. The highest BCUT2D eigenvalue weighted by Crippen LogP contribution is 2.39. The van der Waals surface area contributed by atoms with E-state index < -0.39 is 0 Å². The summed E-state index contributed by atoms with van der Waals surface area (Å²) in [6.07, 6.45) is 2.26. The molecule has 1 N–H and O–H groups in total. The number of nitrogens with zero attached hydrogens (tertiary/aromatic N) is 4. The minimum Gasteiger partial charge on any atom is -0.346 e. The van der Waals surface area contributed by atoms with Crippen molar-refractivity contribution < 1.29 is 4.79 Å². The van der Waals surface area contributed by atoms with E-state index in [1.165, 1.54) is 11.3 Å². The van der Waals surface area contributed by atoms with Crippen LogP contribution in [0.2, 0.25) is 0 Å². The van der Waals surface area contributed by atoms with Crippen molar-refractivity contribution in [2.75, 3.05) is 0 Å². The van der Waals surface area contributed by atoms with E-state index in [9.17, 15) is 4.79 Å². The first-order valence-corrected chi connectivity index (χ1v) is 8.09. The van der Waals surface area contributed by atoms with Gasteiger partial charge >= 0.3 is 0 Å². The molecule has 2 aromatic heterocycles. The number of fused-ring (bicyclic) bond motifs is 1. The molecule has 1 amide bonds. The Morgan fingerprint density at radius 1 is 1.36 bits per heavy atom. The first kappa shape index (κ1) is 13.4. The summed E-state index contributed by atoms with van der Waals surface area (Å²) in [6, 6.07) is 8.01. The van der Waals surface area contributed by atoms with Crippen LogP contribution in [0, 0.1) is 6.92 Å². The highest BCUT2D eigenvalue weighted by atomic mass is 32.1. The molecule has 1 aliphatic rings. The summed E-state index contributed by atoms with van der Waals surface area (Å²) < 4.78 is 1.71. The van der Waals surface area contributed by atoms with Crippen molar-refractivity contribution in [1.29, 1.82) is 0 Å². The molecule has 7 heteroatoms. The van der Waals surface area contributed by atoms with Gasteiger partial charge in [0.1, 0.15) is 0 Å². The molecule has 0 spiro atoms. The molecule has 0 aliphatic heterocycles. The Morgan fingerprint density at radius 2 is 2.18 bits per heavy atom. The maximum Gasteiger partial charge on any atom is 0.282 e. The van der Waals surface area contributed by atoms with Gasteiger partial charge in [-0.15, -0.1) is 15.3 Å². The number of carbonyl (C=O) groups excluding carboxylic acids is 1. The molecule has 1 aliphatic carbocycles. The second-order valence-corrected chi connectivity index (χ2v) is 6.50.